The van der Waals surface area contributed by atoms with Gasteiger partial charge in [-0.2, -0.15) is 4.31 Å². The van der Waals surface area contributed by atoms with Gasteiger partial charge in [0.25, 0.3) is 5.91 Å². The monoisotopic (exact) mass is 452 g/mol. The number of sulfonamides is 1. The zero-order chi connectivity index (χ0) is 21.7. The molecule has 0 radical (unpaired) electrons. The minimum Gasteiger partial charge on any atom is -0.497 e. The van der Waals surface area contributed by atoms with Crippen LogP contribution in [0.4, 0.5) is 5.69 Å². The molecule has 0 N–H and O–H groups in total. The minimum absolute atomic E-state index is 0.126. The number of nitrogens with zero attached hydrogens (tertiary/aromatic N) is 2. The van der Waals surface area contributed by atoms with Crippen molar-refractivity contribution in [3.63, 3.8) is 0 Å². The lowest BCUT2D eigenvalue weighted by Gasteiger charge is -2.26. The number of anilines is 1. The van der Waals surface area contributed by atoms with Crippen molar-refractivity contribution in [1.82, 2.24) is 4.31 Å². The van der Waals surface area contributed by atoms with Crippen LogP contribution in [-0.2, 0) is 14.8 Å². The van der Waals surface area contributed by atoms with Gasteiger partial charge in [0.05, 0.1) is 17.0 Å². The van der Waals surface area contributed by atoms with E-state index in [0.29, 0.717) is 24.5 Å². The summed E-state index contributed by atoms with van der Waals surface area (Å²) in [5, 5.41) is 0.143. The molecule has 3 rings (SSSR count). The number of piperidine rings is 1. The van der Waals surface area contributed by atoms with Crippen LogP contribution in [0.15, 0.2) is 47.4 Å². The summed E-state index contributed by atoms with van der Waals surface area (Å²) in [7, 11) is -0.390. The molecule has 162 valence electrons. The minimum atomic E-state index is -3.58. The number of ether oxygens (including phenoxy) is 2. The van der Waals surface area contributed by atoms with E-state index in [-0.39, 0.29) is 28.2 Å². The quantitative estimate of drug-likeness (QED) is 0.642. The van der Waals surface area contributed by atoms with Crippen LogP contribution in [0.5, 0.6) is 11.5 Å². The largest absolute Gasteiger partial charge is 0.497 e. The number of benzene rings is 2. The smallest absolute Gasteiger partial charge is 0.264 e. The lowest BCUT2D eigenvalue weighted by atomic mass is 10.2. The third-order valence-corrected chi connectivity index (χ3v) is 7.21. The average Bonchev–Trinajstić information content (AvgIpc) is 2.78. The Bertz CT molecular complexity index is 1010. The molecular formula is C21H25ClN2O5S. The SMILES string of the molecule is COc1cccc(N(C)C(=O)COc2ccc(S(=O)(=O)N3CCCCC3)cc2Cl)c1. The van der Waals surface area contributed by atoms with Crippen molar-refractivity contribution in [1.29, 1.82) is 0 Å². The number of methoxy groups -OCH3 is 1. The first kappa shape index (κ1) is 22.4. The third-order valence-electron chi connectivity index (χ3n) is 5.02. The molecule has 2 aromatic carbocycles. The molecule has 1 heterocycles. The molecule has 0 bridgehead atoms. The molecule has 0 saturated carbocycles. The van der Waals surface area contributed by atoms with Crippen LogP contribution >= 0.6 is 11.6 Å². The first-order valence-electron chi connectivity index (χ1n) is 9.66. The van der Waals surface area contributed by atoms with E-state index in [2.05, 4.69) is 0 Å². The van der Waals surface area contributed by atoms with E-state index in [0.717, 1.165) is 19.3 Å². The first-order valence-corrected chi connectivity index (χ1v) is 11.5. The summed E-state index contributed by atoms with van der Waals surface area (Å²) in [5.74, 6) is 0.604. The number of carbonyl (C=O) groups is 1. The summed E-state index contributed by atoms with van der Waals surface area (Å²) >= 11 is 6.24. The number of carbonyl (C=O) groups excluding carboxylic acids is 1. The van der Waals surface area contributed by atoms with Crippen LogP contribution in [0.2, 0.25) is 5.02 Å². The van der Waals surface area contributed by atoms with Gasteiger partial charge in [-0.1, -0.05) is 24.1 Å². The van der Waals surface area contributed by atoms with E-state index >= 15 is 0 Å². The van der Waals surface area contributed by atoms with Gasteiger partial charge in [0.15, 0.2) is 6.61 Å². The topological polar surface area (TPSA) is 76.1 Å². The summed E-state index contributed by atoms with van der Waals surface area (Å²) in [6.07, 6.45) is 2.76. The highest BCUT2D eigenvalue weighted by molar-refractivity contribution is 7.89. The van der Waals surface area contributed by atoms with E-state index in [1.54, 1.807) is 38.4 Å². The molecule has 7 nitrogen and oxygen atoms in total. The Labute approximate surface area is 182 Å². The van der Waals surface area contributed by atoms with Crippen molar-refractivity contribution >= 4 is 33.2 Å². The van der Waals surface area contributed by atoms with Crippen molar-refractivity contribution in [3.8, 4) is 11.5 Å². The summed E-state index contributed by atoms with van der Waals surface area (Å²) in [4.78, 5) is 14.1. The molecule has 1 amide bonds. The molecule has 0 aromatic heterocycles. The van der Waals surface area contributed by atoms with E-state index in [1.807, 2.05) is 0 Å². The number of hydrogen-bond acceptors (Lipinski definition) is 5. The van der Waals surface area contributed by atoms with Crippen LogP contribution < -0.4 is 14.4 Å². The molecule has 0 aliphatic carbocycles. The maximum atomic E-state index is 12.8. The highest BCUT2D eigenvalue weighted by Gasteiger charge is 2.26. The van der Waals surface area contributed by atoms with E-state index < -0.39 is 10.0 Å². The predicted molar refractivity (Wildman–Crippen MR) is 116 cm³/mol. The third kappa shape index (κ3) is 5.06. The van der Waals surface area contributed by atoms with Crippen LogP contribution in [0.3, 0.4) is 0 Å². The molecule has 1 aliphatic rings. The Hall–Kier alpha value is -2.29. The number of hydrogen-bond donors (Lipinski definition) is 0. The van der Waals surface area contributed by atoms with Crippen molar-refractivity contribution in [2.75, 3.05) is 38.8 Å². The second kappa shape index (κ2) is 9.68. The number of amides is 1. The highest BCUT2D eigenvalue weighted by atomic mass is 35.5. The second-order valence-corrected chi connectivity index (χ2v) is 9.35. The number of rotatable bonds is 7. The van der Waals surface area contributed by atoms with Gasteiger partial charge in [-0.15, -0.1) is 0 Å². The molecule has 9 heteroatoms. The fourth-order valence-electron chi connectivity index (χ4n) is 3.21. The lowest BCUT2D eigenvalue weighted by Crippen LogP contribution is -2.35. The fraction of sp³-hybridized carbons (Fsp3) is 0.381. The van der Waals surface area contributed by atoms with Crippen LogP contribution in [0, 0.1) is 0 Å². The van der Waals surface area contributed by atoms with Gasteiger partial charge in [0, 0.05) is 31.9 Å². The molecule has 1 saturated heterocycles. The Kier molecular flexibility index (Phi) is 7.23. The van der Waals surface area contributed by atoms with Gasteiger partial charge < -0.3 is 14.4 Å². The van der Waals surface area contributed by atoms with Gasteiger partial charge in [-0.3, -0.25) is 4.79 Å². The highest BCUT2D eigenvalue weighted by Crippen LogP contribution is 2.30. The molecular weight excluding hydrogens is 428 g/mol. The lowest BCUT2D eigenvalue weighted by molar-refractivity contribution is -0.120. The maximum Gasteiger partial charge on any atom is 0.264 e. The zero-order valence-corrected chi connectivity index (χ0v) is 18.6. The molecule has 0 spiro atoms. The van der Waals surface area contributed by atoms with E-state index in [1.165, 1.54) is 27.4 Å². The standard InChI is InChI=1S/C21H25ClN2O5S/c1-23(16-7-6-8-17(13-16)28-2)21(25)15-29-20-10-9-18(14-19(20)22)30(26,27)24-11-4-3-5-12-24/h6-10,13-14H,3-5,11-12,15H2,1-2H3. The second-order valence-electron chi connectivity index (χ2n) is 7.00. The molecule has 0 unspecified atom stereocenters. The normalized spacial score (nSPS) is 14.9. The molecule has 0 atom stereocenters. The Morgan fingerprint density at radius 2 is 1.87 bits per heavy atom. The molecule has 30 heavy (non-hydrogen) atoms. The summed E-state index contributed by atoms with van der Waals surface area (Å²) in [6.45, 7) is 0.790. The average molecular weight is 453 g/mol. The van der Waals surface area contributed by atoms with Gasteiger partial charge in [-0.25, -0.2) is 8.42 Å². The number of likely N-dealkylation sites (N-methyl/N-ethyl adjacent to an activating group) is 1. The van der Waals surface area contributed by atoms with Gasteiger partial charge in [0.2, 0.25) is 10.0 Å². The van der Waals surface area contributed by atoms with Gasteiger partial charge in [-0.05, 0) is 43.2 Å². The summed E-state index contributed by atoms with van der Waals surface area (Å²) in [6, 6.07) is 11.4. The zero-order valence-electron chi connectivity index (χ0n) is 17.0. The van der Waals surface area contributed by atoms with Crippen LogP contribution in [0.25, 0.3) is 0 Å². The maximum absolute atomic E-state index is 12.8. The predicted octanol–water partition coefficient (Wildman–Crippen LogP) is 3.57. The first-order chi connectivity index (χ1) is 14.3. The Morgan fingerprint density at radius 3 is 2.53 bits per heavy atom. The van der Waals surface area contributed by atoms with Gasteiger partial charge in [0.1, 0.15) is 11.5 Å². The van der Waals surface area contributed by atoms with Gasteiger partial charge >= 0.3 is 0 Å². The Balaban J connectivity index is 1.66. The Morgan fingerprint density at radius 1 is 1.13 bits per heavy atom. The summed E-state index contributed by atoms with van der Waals surface area (Å²) < 4.78 is 37.7. The van der Waals surface area contributed by atoms with Crippen LogP contribution in [0.1, 0.15) is 19.3 Å². The molecule has 1 aliphatic heterocycles. The summed E-state index contributed by atoms with van der Waals surface area (Å²) in [5.41, 5.74) is 0.664. The molecule has 2 aromatic rings. The fourth-order valence-corrected chi connectivity index (χ4v) is 5.06. The van der Waals surface area contributed by atoms with Crippen molar-refractivity contribution in [2.24, 2.45) is 0 Å². The van der Waals surface area contributed by atoms with E-state index in [4.69, 9.17) is 21.1 Å². The van der Waals surface area contributed by atoms with Crippen molar-refractivity contribution < 1.29 is 22.7 Å². The molecule has 1 fully saturated rings. The van der Waals surface area contributed by atoms with Crippen molar-refractivity contribution in [3.05, 3.63) is 47.5 Å². The van der Waals surface area contributed by atoms with Crippen molar-refractivity contribution in [2.45, 2.75) is 24.2 Å². The van der Waals surface area contributed by atoms with E-state index in [9.17, 15) is 13.2 Å². The number of halogens is 1. The van der Waals surface area contributed by atoms with Crippen LogP contribution in [-0.4, -0.2) is 52.5 Å².